The highest BCUT2D eigenvalue weighted by Gasteiger charge is 2.26. The van der Waals surface area contributed by atoms with E-state index in [4.69, 9.17) is 0 Å². The predicted octanol–water partition coefficient (Wildman–Crippen LogP) is 2.81. The predicted molar refractivity (Wildman–Crippen MR) is 67.1 cm³/mol. The maximum atomic E-state index is 11.2. The molecule has 3 nitrogen and oxygen atoms in total. The molecule has 1 aliphatic carbocycles. The van der Waals surface area contributed by atoms with Crippen LogP contribution in [0, 0.1) is 6.92 Å². The molecule has 1 fully saturated rings. The first-order valence-electron chi connectivity index (χ1n) is 6.12. The number of carbonyl (C=O) groups excluding carboxylic acids is 1. The molecule has 0 spiro atoms. The average Bonchev–Trinajstić information content (AvgIpc) is 3.01. The van der Waals surface area contributed by atoms with Crippen LogP contribution in [0.15, 0.2) is 18.2 Å². The summed E-state index contributed by atoms with van der Waals surface area (Å²) in [5, 5.41) is 0. The molecular weight excluding hydrogens is 212 g/mol. The summed E-state index contributed by atoms with van der Waals surface area (Å²) >= 11 is 0. The van der Waals surface area contributed by atoms with E-state index < -0.39 is 0 Å². The molecule has 1 aromatic heterocycles. The van der Waals surface area contributed by atoms with Crippen molar-refractivity contribution >= 4 is 16.8 Å². The van der Waals surface area contributed by atoms with Gasteiger partial charge in [-0.2, -0.15) is 0 Å². The Morgan fingerprint density at radius 2 is 2.24 bits per heavy atom. The van der Waals surface area contributed by atoms with Gasteiger partial charge in [0.1, 0.15) is 11.6 Å². The molecule has 0 aliphatic heterocycles. The third-order valence-electron chi connectivity index (χ3n) is 3.30. The second-order valence-electron chi connectivity index (χ2n) is 4.96. The molecule has 2 aromatic rings. The molecule has 1 aliphatic rings. The van der Waals surface area contributed by atoms with Gasteiger partial charge in [-0.3, -0.25) is 4.79 Å². The number of carbonyl (C=O) groups is 1. The highest BCUT2D eigenvalue weighted by Crippen LogP contribution is 2.38. The third kappa shape index (κ3) is 1.86. The van der Waals surface area contributed by atoms with Crippen LogP contribution in [0.2, 0.25) is 0 Å². The topological polar surface area (TPSA) is 34.9 Å². The summed E-state index contributed by atoms with van der Waals surface area (Å²) in [6.07, 6.45) is 3.03. The Kier molecular flexibility index (Phi) is 2.28. The van der Waals surface area contributed by atoms with Crippen molar-refractivity contribution in [1.82, 2.24) is 9.55 Å². The molecule has 3 heteroatoms. The van der Waals surface area contributed by atoms with E-state index in [-0.39, 0.29) is 5.78 Å². The Hall–Kier alpha value is -1.64. The van der Waals surface area contributed by atoms with Gasteiger partial charge in [-0.25, -0.2) is 4.98 Å². The SMILES string of the molecule is CC(=O)Cc1ccc2nc(C)n(C3CC3)c2c1. The number of aryl methyl sites for hydroxylation is 1. The molecule has 1 saturated carbocycles. The van der Waals surface area contributed by atoms with Crippen LogP contribution >= 0.6 is 0 Å². The van der Waals surface area contributed by atoms with Crippen LogP contribution in [0.4, 0.5) is 0 Å². The highest BCUT2D eigenvalue weighted by molar-refractivity contribution is 5.82. The Balaban J connectivity index is 2.12. The van der Waals surface area contributed by atoms with Gasteiger partial charge in [-0.05, 0) is 44.4 Å². The van der Waals surface area contributed by atoms with Gasteiger partial charge in [-0.15, -0.1) is 0 Å². The molecule has 17 heavy (non-hydrogen) atoms. The molecule has 0 bridgehead atoms. The highest BCUT2D eigenvalue weighted by atomic mass is 16.1. The van der Waals surface area contributed by atoms with E-state index >= 15 is 0 Å². The molecule has 1 heterocycles. The summed E-state index contributed by atoms with van der Waals surface area (Å²) in [4.78, 5) is 15.7. The number of nitrogens with zero attached hydrogens (tertiary/aromatic N) is 2. The van der Waals surface area contributed by atoms with Gasteiger partial charge in [0.15, 0.2) is 0 Å². The van der Waals surface area contributed by atoms with E-state index in [0.717, 1.165) is 16.9 Å². The lowest BCUT2D eigenvalue weighted by molar-refractivity contribution is -0.116. The molecule has 0 unspecified atom stereocenters. The quantitative estimate of drug-likeness (QED) is 0.809. The molecule has 0 radical (unpaired) electrons. The minimum absolute atomic E-state index is 0.207. The number of hydrogen-bond donors (Lipinski definition) is 0. The van der Waals surface area contributed by atoms with E-state index in [1.54, 1.807) is 6.92 Å². The lowest BCUT2D eigenvalue weighted by Crippen LogP contribution is -1.99. The summed E-state index contributed by atoms with van der Waals surface area (Å²) in [6, 6.07) is 6.79. The van der Waals surface area contributed by atoms with Crippen LogP contribution in [-0.4, -0.2) is 15.3 Å². The number of Topliss-reactive ketones (excluding diaryl/α,β-unsaturated/α-hetero) is 1. The van der Waals surface area contributed by atoms with E-state index in [2.05, 4.69) is 22.5 Å². The minimum atomic E-state index is 0.207. The fourth-order valence-electron chi connectivity index (χ4n) is 2.45. The van der Waals surface area contributed by atoms with Crippen LogP contribution in [-0.2, 0) is 11.2 Å². The van der Waals surface area contributed by atoms with Crippen LogP contribution < -0.4 is 0 Å². The van der Waals surface area contributed by atoms with Gasteiger partial charge < -0.3 is 4.57 Å². The first-order chi connectivity index (χ1) is 8.15. The molecular formula is C14H16N2O. The maximum Gasteiger partial charge on any atom is 0.134 e. The largest absolute Gasteiger partial charge is 0.325 e. The molecule has 0 atom stereocenters. The van der Waals surface area contributed by atoms with Crippen molar-refractivity contribution in [2.75, 3.05) is 0 Å². The number of ketones is 1. The maximum absolute atomic E-state index is 11.2. The van der Waals surface area contributed by atoms with Crippen LogP contribution in [0.5, 0.6) is 0 Å². The van der Waals surface area contributed by atoms with Gasteiger partial charge in [-0.1, -0.05) is 6.07 Å². The van der Waals surface area contributed by atoms with Crippen molar-refractivity contribution in [2.45, 2.75) is 39.2 Å². The van der Waals surface area contributed by atoms with E-state index in [0.29, 0.717) is 12.5 Å². The Morgan fingerprint density at radius 1 is 1.47 bits per heavy atom. The first kappa shape index (κ1) is 10.5. The van der Waals surface area contributed by atoms with Gasteiger partial charge >= 0.3 is 0 Å². The van der Waals surface area contributed by atoms with Crippen molar-refractivity contribution in [3.05, 3.63) is 29.6 Å². The monoisotopic (exact) mass is 228 g/mol. The van der Waals surface area contributed by atoms with Crippen LogP contribution in [0.25, 0.3) is 11.0 Å². The first-order valence-corrected chi connectivity index (χ1v) is 6.12. The summed E-state index contributed by atoms with van der Waals surface area (Å²) in [7, 11) is 0. The summed E-state index contributed by atoms with van der Waals surface area (Å²) in [5.41, 5.74) is 3.32. The molecule has 88 valence electrons. The fraction of sp³-hybridized carbons (Fsp3) is 0.429. The van der Waals surface area contributed by atoms with Crippen molar-refractivity contribution in [2.24, 2.45) is 0 Å². The second kappa shape index (κ2) is 3.69. The van der Waals surface area contributed by atoms with Crippen molar-refractivity contribution in [1.29, 1.82) is 0 Å². The Labute approximate surface area is 100 Å². The van der Waals surface area contributed by atoms with Crippen molar-refractivity contribution < 1.29 is 4.79 Å². The number of fused-ring (bicyclic) bond motifs is 1. The smallest absolute Gasteiger partial charge is 0.134 e. The zero-order valence-electron chi connectivity index (χ0n) is 10.2. The second-order valence-corrected chi connectivity index (χ2v) is 4.96. The summed E-state index contributed by atoms with van der Waals surface area (Å²) in [5.74, 6) is 1.29. The standard InChI is InChI=1S/C14H16N2O/c1-9(17)7-11-3-6-13-14(8-11)16(10(2)15-13)12-4-5-12/h3,6,8,12H,4-5,7H2,1-2H3. The minimum Gasteiger partial charge on any atom is -0.325 e. The zero-order chi connectivity index (χ0) is 12.0. The van der Waals surface area contributed by atoms with Crippen molar-refractivity contribution in [3.63, 3.8) is 0 Å². The summed E-state index contributed by atoms with van der Waals surface area (Å²) in [6.45, 7) is 3.69. The number of benzene rings is 1. The van der Waals surface area contributed by atoms with Gasteiger partial charge in [0.2, 0.25) is 0 Å². The lowest BCUT2D eigenvalue weighted by atomic mass is 10.1. The van der Waals surface area contributed by atoms with Gasteiger partial charge in [0.25, 0.3) is 0 Å². The molecule has 0 N–H and O–H groups in total. The van der Waals surface area contributed by atoms with Crippen LogP contribution in [0.1, 0.15) is 37.2 Å². The van der Waals surface area contributed by atoms with Crippen LogP contribution in [0.3, 0.4) is 0 Å². The Bertz CT molecular complexity index is 594. The van der Waals surface area contributed by atoms with E-state index in [9.17, 15) is 4.79 Å². The number of hydrogen-bond acceptors (Lipinski definition) is 2. The molecule has 3 rings (SSSR count). The van der Waals surface area contributed by atoms with Crippen molar-refractivity contribution in [3.8, 4) is 0 Å². The summed E-state index contributed by atoms with van der Waals surface area (Å²) < 4.78 is 2.32. The third-order valence-corrected chi connectivity index (χ3v) is 3.30. The normalized spacial score (nSPS) is 15.4. The lowest BCUT2D eigenvalue weighted by Gasteiger charge is -2.05. The van der Waals surface area contributed by atoms with Gasteiger partial charge in [0.05, 0.1) is 11.0 Å². The van der Waals surface area contributed by atoms with Gasteiger partial charge in [0, 0.05) is 12.5 Å². The molecule has 1 aromatic carbocycles. The van der Waals surface area contributed by atoms with E-state index in [1.165, 1.54) is 18.4 Å². The number of aromatic nitrogens is 2. The number of rotatable bonds is 3. The molecule has 0 amide bonds. The Morgan fingerprint density at radius 3 is 2.88 bits per heavy atom. The molecule has 0 saturated heterocycles. The average molecular weight is 228 g/mol. The van der Waals surface area contributed by atoms with E-state index in [1.807, 2.05) is 12.1 Å². The fourth-order valence-corrected chi connectivity index (χ4v) is 2.45. The zero-order valence-corrected chi connectivity index (χ0v) is 10.2. The number of imidazole rings is 1.